The topological polar surface area (TPSA) is 40.5 Å². The standard InChI is InChI=1S/C10H22N4O2P2S.Cu.6FH.Sb/c1-3-15-18(19,16-4-2)11-17-8-12-5-13(9-17)7-14(6-12)10-17;;;;;;;;/h3-10H2,1-2H3;;6*1H;/q;+1;;;;;;;+5/p-6. The molecule has 27 heavy (non-hydrogen) atoms. The maximum atomic E-state index is 9.93. The molecule has 0 atom stereocenters. The van der Waals surface area contributed by atoms with E-state index in [1.807, 2.05) is 13.8 Å². The molecule has 0 radical (unpaired) electrons. The normalized spacial score (nSPS) is 34.6. The minimum absolute atomic E-state index is 0. The molecule has 0 aromatic carbocycles. The number of hydrogen-bond donors (Lipinski definition) is 0. The number of halogens is 6. The molecule has 0 N–H and O–H groups in total. The summed E-state index contributed by atoms with van der Waals surface area (Å²) in [6, 6.07) is 0. The van der Waals surface area contributed by atoms with Gasteiger partial charge in [0.1, 0.15) is 0 Å². The van der Waals surface area contributed by atoms with Crippen LogP contribution in [-0.2, 0) is 37.9 Å². The summed E-state index contributed by atoms with van der Waals surface area (Å²) in [6.45, 7) is 5.90. The molecule has 4 aliphatic heterocycles. The zero-order valence-electron chi connectivity index (χ0n) is 14.6. The van der Waals surface area contributed by atoms with Crippen LogP contribution in [0.15, 0.2) is 4.52 Å². The molecule has 4 bridgehead atoms. The van der Waals surface area contributed by atoms with Gasteiger partial charge in [-0.25, -0.2) is 4.52 Å². The van der Waals surface area contributed by atoms with Crippen molar-refractivity contribution in [3.8, 4) is 0 Å². The molecule has 4 aliphatic rings. The Balaban J connectivity index is 0.000000395. The van der Waals surface area contributed by atoms with E-state index in [4.69, 9.17) is 25.4 Å². The Hall–Kier alpha value is 1.60. The fourth-order valence-corrected chi connectivity index (χ4v) is 12.0. The van der Waals surface area contributed by atoms with Crippen molar-refractivity contribution in [1.29, 1.82) is 0 Å². The minimum atomic E-state index is -11.2. The van der Waals surface area contributed by atoms with Crippen molar-refractivity contribution in [3.63, 3.8) is 0 Å². The van der Waals surface area contributed by atoms with Gasteiger partial charge >= 0.3 is 60.1 Å². The van der Waals surface area contributed by atoms with E-state index in [-0.39, 0.29) is 17.1 Å². The molecule has 0 amide bonds. The monoisotopic (exact) mass is 622 g/mol. The summed E-state index contributed by atoms with van der Waals surface area (Å²) >= 11 is -5.64. The van der Waals surface area contributed by atoms with Gasteiger partial charge in [0.25, 0.3) is 0 Å². The first-order valence-corrected chi connectivity index (χ1v) is 18.4. The average molecular weight is 624 g/mol. The molecule has 0 spiro atoms. The predicted molar refractivity (Wildman–Crippen MR) is 94.0 cm³/mol. The van der Waals surface area contributed by atoms with Gasteiger partial charge in [-0.2, -0.15) is 0 Å². The predicted octanol–water partition coefficient (Wildman–Crippen LogP) is 4.31. The van der Waals surface area contributed by atoms with Gasteiger partial charge in [0, 0.05) is 25.9 Å². The van der Waals surface area contributed by atoms with E-state index >= 15 is 0 Å². The summed E-state index contributed by atoms with van der Waals surface area (Å²) in [7, 11) is -1.43. The van der Waals surface area contributed by atoms with E-state index in [1.165, 1.54) is 0 Å². The molecule has 0 saturated carbocycles. The molecule has 4 rings (SSSR count). The molecule has 6 nitrogen and oxygen atoms in total. The third-order valence-corrected chi connectivity index (χ3v) is 11.1. The van der Waals surface area contributed by atoms with Gasteiger partial charge in [-0.05, 0) is 25.7 Å². The first kappa shape index (κ1) is 26.6. The Kier molecular flexibility index (Phi) is 8.15. The van der Waals surface area contributed by atoms with Crippen LogP contribution in [0, 0.1) is 0 Å². The summed E-state index contributed by atoms with van der Waals surface area (Å²) in [5.41, 5.74) is 0. The summed E-state index contributed by atoms with van der Waals surface area (Å²) in [5.74, 6) is 0. The molecular weight excluding hydrogens is 601 g/mol. The van der Waals surface area contributed by atoms with Crippen LogP contribution in [0.4, 0.5) is 16.9 Å². The van der Waals surface area contributed by atoms with Crippen molar-refractivity contribution in [2.45, 2.75) is 13.8 Å². The van der Waals surface area contributed by atoms with Crippen molar-refractivity contribution >= 4 is 45.0 Å². The van der Waals surface area contributed by atoms with Crippen molar-refractivity contribution in [3.05, 3.63) is 0 Å². The van der Waals surface area contributed by atoms with Gasteiger partial charge in [0.05, 0.1) is 33.2 Å². The Morgan fingerprint density at radius 2 is 1.19 bits per heavy atom. The van der Waals surface area contributed by atoms with Crippen molar-refractivity contribution in [2.75, 3.05) is 52.1 Å². The van der Waals surface area contributed by atoms with Crippen molar-refractivity contribution in [2.24, 2.45) is 4.52 Å². The third-order valence-electron chi connectivity index (χ3n) is 3.47. The Morgan fingerprint density at radius 1 is 0.889 bits per heavy atom. The maximum absolute atomic E-state index is 11.2. The van der Waals surface area contributed by atoms with Gasteiger partial charge in [0.2, 0.25) is 0 Å². The first-order chi connectivity index (χ1) is 11.5. The molecule has 0 aliphatic carbocycles. The van der Waals surface area contributed by atoms with Crippen LogP contribution in [0.3, 0.4) is 0 Å². The van der Waals surface area contributed by atoms with Gasteiger partial charge in [-0.1, -0.05) is 0 Å². The van der Waals surface area contributed by atoms with Crippen LogP contribution in [0.2, 0.25) is 0 Å². The van der Waals surface area contributed by atoms with Gasteiger partial charge in [0.15, 0.2) is 0 Å². The fraction of sp³-hybridized carbons (Fsp3) is 1.00. The summed E-state index contributed by atoms with van der Waals surface area (Å²) in [6.07, 6.45) is 3.29. The average Bonchev–Trinajstić information content (AvgIpc) is 2.31. The molecule has 168 valence electrons. The Bertz CT molecular complexity index is 591. The first-order valence-electron chi connectivity index (χ1n) is 7.75. The molecule has 17 heteroatoms. The van der Waals surface area contributed by atoms with Gasteiger partial charge in [-0.15, -0.1) is 0 Å². The van der Waals surface area contributed by atoms with Crippen molar-refractivity contribution < 1.29 is 43.0 Å². The van der Waals surface area contributed by atoms with E-state index in [2.05, 4.69) is 14.7 Å². The Morgan fingerprint density at radius 3 is 1.44 bits per heavy atom. The van der Waals surface area contributed by atoms with E-state index in [9.17, 15) is 16.9 Å². The molecule has 4 heterocycles. The van der Waals surface area contributed by atoms with Crippen LogP contribution in [0.1, 0.15) is 13.8 Å². The second kappa shape index (κ2) is 8.27. The molecule has 0 aromatic rings. The van der Waals surface area contributed by atoms with Crippen LogP contribution in [0.25, 0.3) is 0 Å². The van der Waals surface area contributed by atoms with Crippen LogP contribution in [-0.4, -0.2) is 86.3 Å². The second-order valence-corrected chi connectivity index (χ2v) is 18.4. The van der Waals surface area contributed by atoms with Crippen LogP contribution < -0.4 is 0 Å². The van der Waals surface area contributed by atoms with E-state index in [1.54, 1.807) is 0 Å². The number of rotatable bonds is 5. The second-order valence-electron chi connectivity index (χ2n) is 6.31. The van der Waals surface area contributed by atoms with E-state index < -0.39 is 33.2 Å². The zero-order chi connectivity index (χ0) is 19.9. The number of hydrogen-bond acceptors (Lipinski definition) is 6. The fourth-order valence-electron chi connectivity index (χ4n) is 3.23. The molecule has 0 unspecified atom stereocenters. The van der Waals surface area contributed by atoms with Crippen molar-refractivity contribution in [1.82, 2.24) is 14.7 Å². The SMILES string of the molecule is CCOP(=S)(N=P12CN3CN(CN(C3)C1)C2)OCC.[Cu+].[F][Sb-]([F])([F])([F])([F])[F]. The molecular formula is C10H22CuF6N4O2P2SSb. The van der Waals surface area contributed by atoms with E-state index in [0.717, 1.165) is 38.9 Å². The van der Waals surface area contributed by atoms with Gasteiger partial charge in [-0.3, -0.25) is 14.7 Å². The van der Waals surface area contributed by atoms with Crippen LogP contribution >= 0.6 is 13.7 Å². The van der Waals surface area contributed by atoms with E-state index in [0.29, 0.717) is 13.2 Å². The van der Waals surface area contributed by atoms with Gasteiger partial charge < -0.3 is 9.05 Å². The third kappa shape index (κ3) is 9.97. The van der Waals surface area contributed by atoms with Crippen LogP contribution in [0.5, 0.6) is 0 Å². The summed E-state index contributed by atoms with van der Waals surface area (Å²) < 4.78 is 76.0. The molecule has 4 fully saturated rings. The Labute approximate surface area is 172 Å². The zero-order valence-corrected chi connectivity index (χ0v) is 20.7. The molecule has 0 aromatic heterocycles. The molecule has 4 saturated heterocycles. The quantitative estimate of drug-likeness (QED) is 0.259. The summed E-state index contributed by atoms with van der Waals surface area (Å²) in [4.78, 5) is 7.43. The number of nitrogens with zero attached hydrogens (tertiary/aromatic N) is 4. The summed E-state index contributed by atoms with van der Waals surface area (Å²) in [5, 5.41) is 0.